The molecule has 1 atom stereocenters. The van der Waals surface area contributed by atoms with E-state index in [-0.39, 0.29) is 25.1 Å². The van der Waals surface area contributed by atoms with Gasteiger partial charge in [0.15, 0.2) is 18.9 Å². The van der Waals surface area contributed by atoms with Crippen LogP contribution in [-0.2, 0) is 9.59 Å². The Balaban J connectivity index is 1.62. The van der Waals surface area contributed by atoms with E-state index in [9.17, 15) is 9.59 Å². The van der Waals surface area contributed by atoms with Crippen LogP contribution < -0.4 is 20.9 Å². The third-order valence-electron chi connectivity index (χ3n) is 3.17. The van der Waals surface area contributed by atoms with E-state index in [2.05, 4.69) is 10.9 Å². The molecule has 0 aliphatic heterocycles. The van der Waals surface area contributed by atoms with Crippen molar-refractivity contribution >= 4 is 23.4 Å². The van der Waals surface area contributed by atoms with Gasteiger partial charge < -0.3 is 14.5 Å². The number of rotatable bonds is 7. The van der Waals surface area contributed by atoms with Crippen molar-refractivity contribution in [1.29, 1.82) is 0 Å². The molecule has 128 valence electrons. The van der Waals surface area contributed by atoms with Gasteiger partial charge in [-0.25, -0.2) is 0 Å². The first kappa shape index (κ1) is 17.8. The van der Waals surface area contributed by atoms with Crippen LogP contribution in [0.2, 0.25) is 5.02 Å². The van der Waals surface area contributed by atoms with Gasteiger partial charge in [-0.1, -0.05) is 11.6 Å². The van der Waals surface area contributed by atoms with E-state index in [0.29, 0.717) is 10.8 Å². The smallest absolute Gasteiger partial charge is 0.293 e. The number of quaternary nitrogens is 1. The Bertz CT molecular complexity index is 658. The summed E-state index contributed by atoms with van der Waals surface area (Å²) in [6, 6.07) is 10.3. The van der Waals surface area contributed by atoms with Gasteiger partial charge in [-0.2, -0.15) is 0 Å². The molecule has 0 spiro atoms. The van der Waals surface area contributed by atoms with Crippen molar-refractivity contribution in [2.45, 2.75) is 13.0 Å². The maximum atomic E-state index is 11.7. The van der Waals surface area contributed by atoms with E-state index < -0.39 is 5.91 Å². The summed E-state index contributed by atoms with van der Waals surface area (Å²) >= 11 is 5.75. The quantitative estimate of drug-likeness (QED) is 0.642. The Labute approximate surface area is 144 Å². The van der Waals surface area contributed by atoms with E-state index in [1.165, 1.54) is 0 Å². The monoisotopic (exact) mass is 352 g/mol. The molecule has 4 N–H and O–H groups in total. The molecule has 0 aliphatic rings. The summed E-state index contributed by atoms with van der Waals surface area (Å²) in [5, 5.41) is 2.38. The summed E-state index contributed by atoms with van der Waals surface area (Å²) in [5.74, 6) is 0.510. The standard InChI is InChI=1S/C16H18ClN3O4/c1-11(14-3-2-8-23-14)18-9-15(21)19-20-16(22)10-24-13-6-4-12(17)5-7-13/h2-8,11,18H,9-10H2,1H3,(H,19,21)(H,20,22)/p+1/t11-/m0/s1. The van der Waals surface area contributed by atoms with E-state index in [1.54, 1.807) is 41.9 Å². The Morgan fingerprint density at radius 3 is 2.58 bits per heavy atom. The van der Waals surface area contributed by atoms with Gasteiger partial charge in [0.2, 0.25) is 0 Å². The second-order valence-electron chi connectivity index (χ2n) is 5.08. The van der Waals surface area contributed by atoms with Crippen LogP contribution in [0.4, 0.5) is 0 Å². The number of nitrogens with two attached hydrogens (primary N) is 1. The van der Waals surface area contributed by atoms with Crippen molar-refractivity contribution in [3.63, 3.8) is 0 Å². The predicted molar refractivity (Wildman–Crippen MR) is 87.1 cm³/mol. The van der Waals surface area contributed by atoms with Crippen LogP contribution in [-0.4, -0.2) is 25.0 Å². The number of hydrogen-bond donors (Lipinski definition) is 3. The normalized spacial score (nSPS) is 11.6. The number of hydrogen-bond acceptors (Lipinski definition) is 4. The highest BCUT2D eigenvalue weighted by atomic mass is 35.5. The van der Waals surface area contributed by atoms with Gasteiger partial charge in [0.1, 0.15) is 11.8 Å². The highest BCUT2D eigenvalue weighted by Crippen LogP contribution is 2.15. The van der Waals surface area contributed by atoms with Crippen LogP contribution >= 0.6 is 11.6 Å². The fraction of sp³-hybridized carbons (Fsp3) is 0.250. The lowest BCUT2D eigenvalue weighted by atomic mass is 10.2. The molecule has 1 aromatic heterocycles. The number of benzene rings is 1. The molecule has 2 amide bonds. The van der Waals surface area contributed by atoms with E-state index >= 15 is 0 Å². The molecule has 7 nitrogen and oxygen atoms in total. The number of carbonyl (C=O) groups is 2. The molecule has 1 aromatic carbocycles. The average molecular weight is 353 g/mol. The third kappa shape index (κ3) is 5.94. The molecule has 0 fully saturated rings. The predicted octanol–water partition coefficient (Wildman–Crippen LogP) is 0.784. The highest BCUT2D eigenvalue weighted by molar-refractivity contribution is 6.30. The van der Waals surface area contributed by atoms with E-state index in [4.69, 9.17) is 20.8 Å². The average Bonchev–Trinajstić information content (AvgIpc) is 3.12. The van der Waals surface area contributed by atoms with Gasteiger partial charge in [0.25, 0.3) is 11.8 Å². The van der Waals surface area contributed by atoms with Crippen LogP contribution in [0.5, 0.6) is 5.75 Å². The molecule has 0 aliphatic carbocycles. The summed E-state index contributed by atoms with van der Waals surface area (Å²) in [4.78, 5) is 23.3. The molecule has 0 saturated heterocycles. The Morgan fingerprint density at radius 2 is 1.92 bits per heavy atom. The van der Waals surface area contributed by atoms with Gasteiger partial charge in [-0.15, -0.1) is 0 Å². The SMILES string of the molecule is C[C@H]([NH2+]CC(=O)NNC(=O)COc1ccc(Cl)cc1)c1ccco1. The summed E-state index contributed by atoms with van der Waals surface area (Å²) in [6.45, 7) is 1.86. The number of hydrazine groups is 1. The molecule has 2 rings (SSSR count). The van der Waals surface area contributed by atoms with E-state index in [1.807, 2.05) is 13.0 Å². The first-order chi connectivity index (χ1) is 11.5. The van der Waals surface area contributed by atoms with Crippen molar-refractivity contribution in [2.24, 2.45) is 0 Å². The number of nitrogens with one attached hydrogen (secondary N) is 2. The van der Waals surface area contributed by atoms with Crippen molar-refractivity contribution in [1.82, 2.24) is 10.9 Å². The fourth-order valence-electron chi connectivity index (χ4n) is 1.86. The molecule has 8 heteroatoms. The summed E-state index contributed by atoms with van der Waals surface area (Å²) < 4.78 is 10.5. The maximum absolute atomic E-state index is 11.7. The minimum Gasteiger partial charge on any atom is -0.484 e. The van der Waals surface area contributed by atoms with Gasteiger partial charge in [-0.3, -0.25) is 20.4 Å². The van der Waals surface area contributed by atoms with Crippen LogP contribution in [0.15, 0.2) is 47.1 Å². The molecule has 0 bridgehead atoms. The zero-order valence-electron chi connectivity index (χ0n) is 13.1. The van der Waals surface area contributed by atoms with Crippen LogP contribution in [0.3, 0.4) is 0 Å². The molecule has 2 aromatic rings. The van der Waals surface area contributed by atoms with Crippen molar-refractivity contribution < 1.29 is 24.1 Å². The molecule has 24 heavy (non-hydrogen) atoms. The van der Waals surface area contributed by atoms with Crippen LogP contribution in [0.25, 0.3) is 0 Å². The Kier molecular flexibility index (Phi) is 6.65. The summed E-state index contributed by atoms with van der Waals surface area (Å²) in [7, 11) is 0. The third-order valence-corrected chi connectivity index (χ3v) is 3.43. The largest absolute Gasteiger partial charge is 0.484 e. The van der Waals surface area contributed by atoms with Crippen LogP contribution in [0.1, 0.15) is 18.7 Å². The van der Waals surface area contributed by atoms with Crippen molar-refractivity contribution in [3.05, 3.63) is 53.4 Å². The maximum Gasteiger partial charge on any atom is 0.293 e. The topological polar surface area (TPSA) is 97.2 Å². The minimum atomic E-state index is -0.461. The Morgan fingerprint density at radius 1 is 1.21 bits per heavy atom. The lowest BCUT2D eigenvalue weighted by Crippen LogP contribution is -2.87. The number of ether oxygens (including phenoxy) is 1. The van der Waals surface area contributed by atoms with E-state index in [0.717, 1.165) is 5.76 Å². The summed E-state index contributed by atoms with van der Waals surface area (Å²) in [6.07, 6.45) is 1.58. The van der Waals surface area contributed by atoms with Crippen LogP contribution in [0, 0.1) is 0 Å². The molecule has 0 unspecified atom stereocenters. The first-order valence-corrected chi connectivity index (χ1v) is 7.75. The van der Waals surface area contributed by atoms with Crippen molar-refractivity contribution in [3.8, 4) is 5.75 Å². The summed E-state index contributed by atoms with van der Waals surface area (Å²) in [5.41, 5.74) is 4.62. The first-order valence-electron chi connectivity index (χ1n) is 7.37. The molecule has 1 heterocycles. The highest BCUT2D eigenvalue weighted by Gasteiger charge is 2.14. The molecular weight excluding hydrogens is 334 g/mol. The zero-order valence-corrected chi connectivity index (χ0v) is 13.9. The van der Waals surface area contributed by atoms with Gasteiger partial charge >= 0.3 is 0 Å². The van der Waals surface area contributed by atoms with Crippen molar-refractivity contribution in [2.75, 3.05) is 13.2 Å². The van der Waals surface area contributed by atoms with Gasteiger partial charge in [0, 0.05) is 5.02 Å². The van der Waals surface area contributed by atoms with Gasteiger partial charge in [-0.05, 0) is 43.3 Å². The Hall–Kier alpha value is -2.51. The minimum absolute atomic E-state index is 0.00897. The number of carbonyl (C=O) groups excluding carboxylic acids is 2. The number of furan rings is 1. The fourth-order valence-corrected chi connectivity index (χ4v) is 1.98. The number of halogens is 1. The number of amides is 2. The molecular formula is C16H19ClN3O4+. The van der Waals surface area contributed by atoms with Gasteiger partial charge in [0.05, 0.1) is 6.26 Å². The zero-order chi connectivity index (χ0) is 17.4. The molecule has 0 radical (unpaired) electrons. The lowest BCUT2D eigenvalue weighted by molar-refractivity contribution is -0.684. The molecule has 0 saturated carbocycles. The second kappa shape index (κ2) is 8.95. The lowest BCUT2D eigenvalue weighted by Gasteiger charge is -2.10. The second-order valence-corrected chi connectivity index (χ2v) is 5.52.